The molecule has 27 heavy (non-hydrogen) atoms. The van der Waals surface area contributed by atoms with Gasteiger partial charge in [-0.05, 0) is 54.7 Å². The third-order valence-corrected chi connectivity index (χ3v) is 5.29. The number of halogens is 3. The summed E-state index contributed by atoms with van der Waals surface area (Å²) >= 11 is 0. The Labute approximate surface area is 157 Å². The Morgan fingerprint density at radius 2 is 1.74 bits per heavy atom. The minimum atomic E-state index is -4.40. The predicted molar refractivity (Wildman–Crippen MR) is 97.7 cm³/mol. The first-order valence-electron chi connectivity index (χ1n) is 9.06. The number of aliphatic hydroxyl groups is 1. The average Bonchev–Trinajstić information content (AvgIpc) is 2.67. The van der Waals surface area contributed by atoms with Gasteiger partial charge in [0.1, 0.15) is 5.75 Å². The van der Waals surface area contributed by atoms with Crippen LogP contribution >= 0.6 is 0 Å². The molecule has 0 saturated carbocycles. The fraction of sp³-hybridized carbons (Fsp3) is 0.429. The average molecular weight is 379 g/mol. The summed E-state index contributed by atoms with van der Waals surface area (Å²) in [5.41, 5.74) is -0.352. The molecule has 1 saturated heterocycles. The quantitative estimate of drug-likeness (QED) is 0.844. The topological polar surface area (TPSA) is 32.7 Å². The molecule has 0 aromatic heterocycles. The standard InChI is InChI=1S/C21H24F3NO2/c1-27-19-7-5-16(6-8-19)9-12-25-13-10-20(26,11-14-25)17-3-2-4-18(15-17)21(22,23)24/h2-8,15,26H,9-14H2,1H3. The minimum absolute atomic E-state index is 0.354. The Balaban J connectivity index is 1.57. The third-order valence-electron chi connectivity index (χ3n) is 5.29. The first-order valence-corrected chi connectivity index (χ1v) is 9.06. The highest BCUT2D eigenvalue weighted by molar-refractivity contribution is 5.30. The van der Waals surface area contributed by atoms with E-state index >= 15 is 0 Å². The van der Waals surface area contributed by atoms with E-state index in [9.17, 15) is 18.3 Å². The highest BCUT2D eigenvalue weighted by Crippen LogP contribution is 2.36. The van der Waals surface area contributed by atoms with Crippen LogP contribution in [-0.4, -0.2) is 36.8 Å². The summed E-state index contributed by atoms with van der Waals surface area (Å²) in [6, 6.07) is 13.0. The molecule has 0 atom stereocenters. The molecule has 2 aromatic rings. The van der Waals surface area contributed by atoms with E-state index < -0.39 is 17.3 Å². The van der Waals surface area contributed by atoms with Gasteiger partial charge in [-0.1, -0.05) is 24.3 Å². The summed E-state index contributed by atoms with van der Waals surface area (Å²) in [5.74, 6) is 0.822. The number of likely N-dealkylation sites (tertiary alicyclic amines) is 1. The van der Waals surface area contributed by atoms with Crippen LogP contribution in [0.1, 0.15) is 29.5 Å². The molecule has 0 aliphatic carbocycles. The Hall–Kier alpha value is -2.05. The van der Waals surface area contributed by atoms with Gasteiger partial charge in [-0.3, -0.25) is 0 Å². The number of ether oxygens (including phenoxy) is 1. The highest BCUT2D eigenvalue weighted by Gasteiger charge is 2.36. The normalized spacial score (nSPS) is 17.7. The lowest BCUT2D eigenvalue weighted by Crippen LogP contribution is -2.43. The van der Waals surface area contributed by atoms with Crippen molar-refractivity contribution in [3.63, 3.8) is 0 Å². The second-order valence-electron chi connectivity index (χ2n) is 7.05. The second-order valence-corrected chi connectivity index (χ2v) is 7.05. The molecule has 2 aromatic carbocycles. The minimum Gasteiger partial charge on any atom is -0.497 e. The van der Waals surface area contributed by atoms with Crippen LogP contribution in [0.25, 0.3) is 0 Å². The molecule has 0 radical (unpaired) electrons. The molecule has 146 valence electrons. The van der Waals surface area contributed by atoms with E-state index in [4.69, 9.17) is 4.74 Å². The lowest BCUT2D eigenvalue weighted by molar-refractivity contribution is -0.137. The molecule has 3 nitrogen and oxygen atoms in total. The zero-order chi connectivity index (χ0) is 19.5. The van der Waals surface area contributed by atoms with Crippen LogP contribution in [0.4, 0.5) is 13.2 Å². The number of rotatable bonds is 5. The fourth-order valence-corrected chi connectivity index (χ4v) is 3.50. The van der Waals surface area contributed by atoms with Crippen LogP contribution in [-0.2, 0) is 18.2 Å². The van der Waals surface area contributed by atoms with Gasteiger partial charge in [0.15, 0.2) is 0 Å². The van der Waals surface area contributed by atoms with E-state index in [-0.39, 0.29) is 0 Å². The van der Waals surface area contributed by atoms with Crippen LogP contribution in [0.5, 0.6) is 5.75 Å². The number of methoxy groups -OCH3 is 1. The summed E-state index contributed by atoms with van der Waals surface area (Å²) in [7, 11) is 1.63. The largest absolute Gasteiger partial charge is 0.497 e. The summed E-state index contributed by atoms with van der Waals surface area (Å²) in [6.45, 7) is 2.16. The molecule has 1 heterocycles. The number of hydrogen-bond donors (Lipinski definition) is 1. The summed E-state index contributed by atoms with van der Waals surface area (Å²) in [4.78, 5) is 2.24. The Morgan fingerprint density at radius 1 is 1.07 bits per heavy atom. The van der Waals surface area contributed by atoms with Gasteiger partial charge < -0.3 is 14.7 Å². The number of benzene rings is 2. The molecule has 0 bridgehead atoms. The van der Waals surface area contributed by atoms with Gasteiger partial charge in [-0.25, -0.2) is 0 Å². The highest BCUT2D eigenvalue weighted by atomic mass is 19.4. The van der Waals surface area contributed by atoms with Crippen molar-refractivity contribution in [3.8, 4) is 5.75 Å². The lowest BCUT2D eigenvalue weighted by Gasteiger charge is -2.38. The predicted octanol–water partition coefficient (Wildman–Crippen LogP) is 4.24. The Kier molecular flexibility index (Phi) is 5.77. The van der Waals surface area contributed by atoms with Crippen molar-refractivity contribution < 1.29 is 23.0 Å². The van der Waals surface area contributed by atoms with Crippen LogP contribution < -0.4 is 4.74 Å². The van der Waals surface area contributed by atoms with Crippen molar-refractivity contribution in [3.05, 3.63) is 65.2 Å². The van der Waals surface area contributed by atoms with Crippen LogP contribution in [0.3, 0.4) is 0 Å². The van der Waals surface area contributed by atoms with Crippen LogP contribution in [0, 0.1) is 0 Å². The van der Waals surface area contributed by atoms with E-state index in [0.29, 0.717) is 31.5 Å². The van der Waals surface area contributed by atoms with Crippen molar-refractivity contribution in [2.24, 2.45) is 0 Å². The van der Waals surface area contributed by atoms with Gasteiger partial charge in [0, 0.05) is 19.6 Å². The SMILES string of the molecule is COc1ccc(CCN2CCC(O)(c3cccc(C(F)(F)F)c3)CC2)cc1. The van der Waals surface area contributed by atoms with E-state index in [1.54, 1.807) is 13.2 Å². The van der Waals surface area contributed by atoms with Gasteiger partial charge in [-0.15, -0.1) is 0 Å². The zero-order valence-corrected chi connectivity index (χ0v) is 15.3. The molecule has 0 spiro atoms. The second kappa shape index (κ2) is 7.90. The van der Waals surface area contributed by atoms with E-state index in [0.717, 1.165) is 30.8 Å². The molecule has 1 aliphatic heterocycles. The van der Waals surface area contributed by atoms with Gasteiger partial charge in [-0.2, -0.15) is 13.2 Å². The molecule has 1 N–H and O–H groups in total. The number of nitrogens with zero attached hydrogens (tertiary/aromatic N) is 1. The van der Waals surface area contributed by atoms with E-state index in [2.05, 4.69) is 4.90 Å². The van der Waals surface area contributed by atoms with Gasteiger partial charge in [0.25, 0.3) is 0 Å². The summed E-state index contributed by atoms with van der Waals surface area (Å²) in [6.07, 6.45) is -2.66. The molecule has 0 unspecified atom stereocenters. The molecular weight excluding hydrogens is 355 g/mol. The van der Waals surface area contributed by atoms with Crippen molar-refractivity contribution in [1.82, 2.24) is 4.90 Å². The Morgan fingerprint density at radius 3 is 2.33 bits per heavy atom. The molecule has 0 amide bonds. The van der Waals surface area contributed by atoms with Crippen LogP contribution in [0.2, 0.25) is 0 Å². The molecular formula is C21H24F3NO2. The first kappa shape index (κ1) is 19.7. The lowest BCUT2D eigenvalue weighted by atomic mass is 9.83. The molecule has 1 fully saturated rings. The number of piperidine rings is 1. The Bertz CT molecular complexity index is 751. The maximum absolute atomic E-state index is 12.9. The zero-order valence-electron chi connectivity index (χ0n) is 15.3. The summed E-state index contributed by atoms with van der Waals surface area (Å²) < 4.78 is 43.9. The maximum atomic E-state index is 12.9. The number of hydrogen-bond acceptors (Lipinski definition) is 3. The van der Waals surface area contributed by atoms with Crippen molar-refractivity contribution >= 4 is 0 Å². The van der Waals surface area contributed by atoms with E-state index in [1.165, 1.54) is 11.6 Å². The van der Waals surface area contributed by atoms with Crippen molar-refractivity contribution in [2.45, 2.75) is 31.0 Å². The fourth-order valence-electron chi connectivity index (χ4n) is 3.50. The third kappa shape index (κ3) is 4.82. The smallest absolute Gasteiger partial charge is 0.416 e. The van der Waals surface area contributed by atoms with E-state index in [1.807, 2.05) is 24.3 Å². The molecule has 6 heteroatoms. The van der Waals surface area contributed by atoms with Gasteiger partial charge in [0.2, 0.25) is 0 Å². The monoisotopic (exact) mass is 379 g/mol. The maximum Gasteiger partial charge on any atom is 0.416 e. The number of alkyl halides is 3. The van der Waals surface area contributed by atoms with Gasteiger partial charge >= 0.3 is 6.18 Å². The summed E-state index contributed by atoms with van der Waals surface area (Å²) in [5, 5.41) is 10.9. The molecule has 1 aliphatic rings. The molecule has 3 rings (SSSR count). The first-order chi connectivity index (χ1) is 12.8. The van der Waals surface area contributed by atoms with Crippen molar-refractivity contribution in [1.29, 1.82) is 0 Å². The van der Waals surface area contributed by atoms with Gasteiger partial charge in [0.05, 0.1) is 18.3 Å². The van der Waals surface area contributed by atoms with Crippen LogP contribution in [0.15, 0.2) is 48.5 Å². The van der Waals surface area contributed by atoms with Crippen molar-refractivity contribution in [2.75, 3.05) is 26.7 Å².